The van der Waals surface area contributed by atoms with E-state index < -0.39 is 0 Å². The van der Waals surface area contributed by atoms with E-state index in [1.54, 1.807) is 36.4 Å². The van der Waals surface area contributed by atoms with Crippen LogP contribution in [0.2, 0.25) is 0 Å². The van der Waals surface area contributed by atoms with Gasteiger partial charge in [-0.15, -0.1) is 0 Å². The summed E-state index contributed by atoms with van der Waals surface area (Å²) in [4.78, 5) is 24.0. The topological polar surface area (TPSA) is 80.6 Å². The standard InChI is InChI=1S/C22H22N2O4/c1-15(2)16-5-3-6-19(13-16)28-14-21(25)23-17-8-10-18(11-9-17)24-22(26)20-7-4-12-27-20/h3-13,15H,14H2,1-2H3,(H,23,25)(H,24,26). The first kappa shape index (κ1) is 19.2. The van der Waals surface area contributed by atoms with Crippen molar-refractivity contribution >= 4 is 23.2 Å². The molecule has 2 N–H and O–H groups in total. The molecule has 0 bridgehead atoms. The Balaban J connectivity index is 1.50. The molecule has 0 saturated heterocycles. The maximum absolute atomic E-state index is 12.1. The second kappa shape index (κ2) is 8.90. The fourth-order valence-electron chi connectivity index (χ4n) is 2.55. The number of nitrogens with one attached hydrogen (secondary N) is 2. The van der Waals surface area contributed by atoms with E-state index in [1.807, 2.05) is 24.3 Å². The molecule has 0 fully saturated rings. The number of furan rings is 1. The third kappa shape index (κ3) is 5.23. The van der Waals surface area contributed by atoms with Gasteiger partial charge in [0.1, 0.15) is 5.75 Å². The highest BCUT2D eigenvalue weighted by atomic mass is 16.5. The van der Waals surface area contributed by atoms with Gasteiger partial charge in [-0.2, -0.15) is 0 Å². The Bertz CT molecular complexity index is 931. The molecule has 6 nitrogen and oxygen atoms in total. The van der Waals surface area contributed by atoms with Crippen LogP contribution in [0.1, 0.15) is 35.9 Å². The van der Waals surface area contributed by atoms with Crippen LogP contribution in [0.15, 0.2) is 71.3 Å². The summed E-state index contributed by atoms with van der Waals surface area (Å²) in [5, 5.41) is 5.48. The van der Waals surface area contributed by atoms with Crippen LogP contribution < -0.4 is 15.4 Å². The monoisotopic (exact) mass is 378 g/mol. The lowest BCUT2D eigenvalue weighted by molar-refractivity contribution is -0.118. The first-order valence-corrected chi connectivity index (χ1v) is 8.99. The third-order valence-corrected chi connectivity index (χ3v) is 4.07. The van der Waals surface area contributed by atoms with E-state index >= 15 is 0 Å². The summed E-state index contributed by atoms with van der Waals surface area (Å²) in [7, 11) is 0. The fraction of sp³-hybridized carbons (Fsp3) is 0.182. The Labute approximate surface area is 163 Å². The van der Waals surface area contributed by atoms with E-state index in [1.165, 1.54) is 6.26 Å². The lowest BCUT2D eigenvalue weighted by atomic mass is 10.0. The van der Waals surface area contributed by atoms with Gasteiger partial charge >= 0.3 is 0 Å². The Morgan fingerprint density at radius 1 is 0.964 bits per heavy atom. The van der Waals surface area contributed by atoms with Gasteiger partial charge < -0.3 is 19.8 Å². The lowest BCUT2D eigenvalue weighted by Crippen LogP contribution is -2.20. The van der Waals surface area contributed by atoms with E-state index in [-0.39, 0.29) is 24.2 Å². The predicted molar refractivity (Wildman–Crippen MR) is 108 cm³/mol. The molecule has 0 saturated carbocycles. The van der Waals surface area contributed by atoms with Crippen molar-refractivity contribution in [2.24, 2.45) is 0 Å². The number of carbonyl (C=O) groups excluding carboxylic acids is 2. The van der Waals surface area contributed by atoms with Crippen molar-refractivity contribution in [3.63, 3.8) is 0 Å². The molecule has 0 aliphatic rings. The van der Waals surface area contributed by atoms with Gasteiger partial charge in [-0.1, -0.05) is 26.0 Å². The minimum atomic E-state index is -0.334. The van der Waals surface area contributed by atoms with Crippen molar-refractivity contribution in [3.8, 4) is 5.75 Å². The molecule has 1 aromatic heterocycles. The van der Waals surface area contributed by atoms with Crippen LogP contribution in [0.3, 0.4) is 0 Å². The minimum absolute atomic E-state index is 0.0848. The zero-order valence-electron chi connectivity index (χ0n) is 15.8. The number of hydrogen-bond donors (Lipinski definition) is 2. The number of anilines is 2. The van der Waals surface area contributed by atoms with Crippen molar-refractivity contribution in [2.75, 3.05) is 17.2 Å². The first-order chi connectivity index (χ1) is 13.5. The van der Waals surface area contributed by atoms with Crippen molar-refractivity contribution in [1.82, 2.24) is 0 Å². The average molecular weight is 378 g/mol. The molecule has 6 heteroatoms. The molecule has 0 spiro atoms. The zero-order chi connectivity index (χ0) is 19.9. The van der Waals surface area contributed by atoms with Gasteiger partial charge in [-0.25, -0.2) is 0 Å². The maximum atomic E-state index is 12.1. The molecule has 28 heavy (non-hydrogen) atoms. The highest BCUT2D eigenvalue weighted by Gasteiger charge is 2.09. The van der Waals surface area contributed by atoms with E-state index in [0.717, 1.165) is 5.56 Å². The molecule has 3 aromatic rings. The smallest absolute Gasteiger partial charge is 0.291 e. The molecule has 3 rings (SSSR count). The number of amides is 2. The van der Waals surface area contributed by atoms with Crippen LogP contribution in [-0.4, -0.2) is 18.4 Å². The fourth-order valence-corrected chi connectivity index (χ4v) is 2.55. The van der Waals surface area contributed by atoms with Crippen LogP contribution in [0.25, 0.3) is 0 Å². The van der Waals surface area contributed by atoms with E-state index in [4.69, 9.17) is 9.15 Å². The summed E-state index contributed by atoms with van der Waals surface area (Å²) in [6, 6.07) is 17.7. The summed E-state index contributed by atoms with van der Waals surface area (Å²) in [5.74, 6) is 0.693. The highest BCUT2D eigenvalue weighted by molar-refractivity contribution is 6.02. The van der Waals surface area contributed by atoms with Gasteiger partial charge in [0, 0.05) is 11.4 Å². The van der Waals surface area contributed by atoms with Crippen molar-refractivity contribution in [2.45, 2.75) is 19.8 Å². The summed E-state index contributed by atoms with van der Waals surface area (Å²) in [6.45, 7) is 4.12. The lowest BCUT2D eigenvalue weighted by Gasteiger charge is -2.11. The summed E-state index contributed by atoms with van der Waals surface area (Å²) in [5.41, 5.74) is 2.37. The van der Waals surface area contributed by atoms with Crippen molar-refractivity contribution < 1.29 is 18.7 Å². The van der Waals surface area contributed by atoms with Crippen LogP contribution in [-0.2, 0) is 4.79 Å². The second-order valence-corrected chi connectivity index (χ2v) is 6.57. The van der Waals surface area contributed by atoms with Crippen molar-refractivity contribution in [3.05, 3.63) is 78.3 Å². The number of rotatable bonds is 7. The number of hydrogen-bond acceptors (Lipinski definition) is 4. The van der Waals surface area contributed by atoms with Gasteiger partial charge in [-0.3, -0.25) is 9.59 Å². The van der Waals surface area contributed by atoms with Gasteiger partial charge in [-0.05, 0) is 60.0 Å². The molecule has 2 amide bonds. The van der Waals surface area contributed by atoms with Crippen LogP contribution in [0.5, 0.6) is 5.75 Å². The quantitative estimate of drug-likeness (QED) is 0.626. The van der Waals surface area contributed by atoms with Gasteiger partial charge in [0.25, 0.3) is 11.8 Å². The predicted octanol–water partition coefficient (Wildman–Crippen LogP) is 4.67. The van der Waals surface area contributed by atoms with Gasteiger partial charge in [0.2, 0.25) is 0 Å². The minimum Gasteiger partial charge on any atom is -0.484 e. The summed E-state index contributed by atoms with van der Waals surface area (Å²) < 4.78 is 10.6. The van der Waals surface area contributed by atoms with Crippen LogP contribution in [0.4, 0.5) is 11.4 Å². The summed E-state index contributed by atoms with van der Waals surface area (Å²) in [6.07, 6.45) is 1.44. The molecule has 0 atom stereocenters. The molecule has 0 aliphatic heterocycles. The molecular weight excluding hydrogens is 356 g/mol. The third-order valence-electron chi connectivity index (χ3n) is 4.07. The number of carbonyl (C=O) groups is 2. The Morgan fingerprint density at radius 3 is 2.32 bits per heavy atom. The molecule has 144 valence electrons. The zero-order valence-corrected chi connectivity index (χ0v) is 15.8. The van der Waals surface area contributed by atoms with Gasteiger partial charge in [0.05, 0.1) is 6.26 Å². The van der Waals surface area contributed by atoms with E-state index in [0.29, 0.717) is 23.0 Å². The van der Waals surface area contributed by atoms with Crippen LogP contribution >= 0.6 is 0 Å². The molecule has 2 aromatic carbocycles. The molecule has 0 unspecified atom stereocenters. The Hall–Kier alpha value is -3.54. The summed E-state index contributed by atoms with van der Waals surface area (Å²) >= 11 is 0. The largest absolute Gasteiger partial charge is 0.484 e. The molecule has 0 aliphatic carbocycles. The Kier molecular flexibility index (Phi) is 6.11. The normalized spacial score (nSPS) is 10.5. The average Bonchev–Trinajstić information content (AvgIpc) is 3.23. The van der Waals surface area contributed by atoms with E-state index in [2.05, 4.69) is 24.5 Å². The highest BCUT2D eigenvalue weighted by Crippen LogP contribution is 2.20. The molecule has 0 radical (unpaired) electrons. The number of ether oxygens (including phenoxy) is 1. The number of benzene rings is 2. The second-order valence-electron chi connectivity index (χ2n) is 6.57. The van der Waals surface area contributed by atoms with Gasteiger partial charge in [0.15, 0.2) is 12.4 Å². The van der Waals surface area contributed by atoms with Crippen molar-refractivity contribution in [1.29, 1.82) is 0 Å². The van der Waals surface area contributed by atoms with Crippen LogP contribution in [0, 0.1) is 0 Å². The molecular formula is C22H22N2O4. The molecule has 1 heterocycles. The first-order valence-electron chi connectivity index (χ1n) is 8.99. The Morgan fingerprint density at radius 2 is 1.68 bits per heavy atom. The maximum Gasteiger partial charge on any atom is 0.291 e. The van der Waals surface area contributed by atoms with E-state index in [9.17, 15) is 9.59 Å². The SMILES string of the molecule is CC(C)c1cccc(OCC(=O)Nc2ccc(NC(=O)c3ccco3)cc2)c1.